The Morgan fingerprint density at radius 1 is 1.24 bits per heavy atom. The SMILES string of the molecule is Cc1cc(CNc2nsnc2Nc2csc(S(=O)(=O)N3CCCC3)c2O)oc1C. The smallest absolute Gasteiger partial charge is 0.256 e. The van der Waals surface area contributed by atoms with Crippen LogP contribution in [0.15, 0.2) is 20.1 Å². The summed E-state index contributed by atoms with van der Waals surface area (Å²) in [6, 6.07) is 1.95. The van der Waals surface area contributed by atoms with Gasteiger partial charge in [0.2, 0.25) is 0 Å². The van der Waals surface area contributed by atoms with Gasteiger partial charge in [0, 0.05) is 18.5 Å². The molecule has 12 heteroatoms. The third kappa shape index (κ3) is 3.97. The normalized spacial score (nSPS) is 15.1. The van der Waals surface area contributed by atoms with Crippen LogP contribution in [0.2, 0.25) is 0 Å². The average molecular weight is 456 g/mol. The molecule has 0 bridgehead atoms. The first kappa shape index (κ1) is 20.1. The van der Waals surface area contributed by atoms with E-state index in [1.54, 1.807) is 5.38 Å². The summed E-state index contributed by atoms with van der Waals surface area (Å²) in [5.41, 5.74) is 1.36. The van der Waals surface area contributed by atoms with Crippen LogP contribution in [0, 0.1) is 13.8 Å². The van der Waals surface area contributed by atoms with Crippen LogP contribution in [0.3, 0.4) is 0 Å². The van der Waals surface area contributed by atoms with E-state index in [0.717, 1.165) is 53.0 Å². The van der Waals surface area contributed by atoms with E-state index < -0.39 is 10.0 Å². The summed E-state index contributed by atoms with van der Waals surface area (Å²) in [4.78, 5) is 0. The molecule has 1 fully saturated rings. The number of aromatic nitrogens is 2. The number of nitrogens with one attached hydrogen (secondary N) is 2. The molecule has 0 amide bonds. The monoisotopic (exact) mass is 455 g/mol. The fourth-order valence-electron chi connectivity index (χ4n) is 3.07. The van der Waals surface area contributed by atoms with Gasteiger partial charge in [-0.2, -0.15) is 13.1 Å². The van der Waals surface area contributed by atoms with Crippen LogP contribution in [0.5, 0.6) is 5.75 Å². The number of aromatic hydroxyl groups is 1. The molecule has 1 saturated heterocycles. The van der Waals surface area contributed by atoms with Crippen molar-refractivity contribution in [1.29, 1.82) is 0 Å². The van der Waals surface area contributed by atoms with Gasteiger partial charge in [0.15, 0.2) is 21.6 Å². The van der Waals surface area contributed by atoms with Gasteiger partial charge in [0.05, 0.1) is 24.0 Å². The highest BCUT2D eigenvalue weighted by atomic mass is 32.2. The maximum Gasteiger partial charge on any atom is 0.256 e. The molecule has 0 radical (unpaired) electrons. The summed E-state index contributed by atoms with van der Waals surface area (Å²) in [6.07, 6.45) is 1.68. The van der Waals surface area contributed by atoms with Crippen LogP contribution in [-0.4, -0.2) is 39.7 Å². The lowest BCUT2D eigenvalue weighted by atomic mass is 10.3. The van der Waals surface area contributed by atoms with E-state index in [1.165, 1.54) is 4.31 Å². The van der Waals surface area contributed by atoms with Crippen molar-refractivity contribution in [1.82, 2.24) is 13.1 Å². The Balaban J connectivity index is 1.49. The van der Waals surface area contributed by atoms with E-state index >= 15 is 0 Å². The number of hydrogen-bond donors (Lipinski definition) is 3. The van der Waals surface area contributed by atoms with Gasteiger partial charge >= 0.3 is 0 Å². The number of rotatable bonds is 7. The highest BCUT2D eigenvalue weighted by molar-refractivity contribution is 7.91. The highest BCUT2D eigenvalue weighted by Crippen LogP contribution is 2.41. The lowest BCUT2D eigenvalue weighted by Crippen LogP contribution is -2.27. The molecule has 4 rings (SSSR count). The number of thiophene rings is 1. The Morgan fingerprint density at radius 3 is 2.66 bits per heavy atom. The maximum absolute atomic E-state index is 12.7. The first-order valence-corrected chi connectivity index (χ1v) is 12.1. The van der Waals surface area contributed by atoms with Crippen LogP contribution in [0.4, 0.5) is 17.3 Å². The third-order valence-corrected chi connectivity index (χ3v) is 8.68. The highest BCUT2D eigenvalue weighted by Gasteiger charge is 2.32. The lowest BCUT2D eigenvalue weighted by molar-refractivity contribution is 0.451. The fourth-order valence-corrected chi connectivity index (χ4v) is 6.45. The second kappa shape index (κ2) is 7.94. The van der Waals surface area contributed by atoms with Crippen molar-refractivity contribution in [2.75, 3.05) is 23.7 Å². The summed E-state index contributed by atoms with van der Waals surface area (Å²) in [7, 11) is -3.69. The molecule has 0 saturated carbocycles. The lowest BCUT2D eigenvalue weighted by Gasteiger charge is -2.14. The van der Waals surface area contributed by atoms with Crippen molar-refractivity contribution in [3.8, 4) is 5.75 Å². The standard InChI is InChI=1S/C17H21N5O4S3/c1-10-7-12(26-11(10)2)8-18-15-16(21-28-20-15)19-13-9-27-17(14(13)23)29(24,25)22-5-3-4-6-22/h7,9,23H,3-6,8H2,1-2H3,(H,18,20)(H,19,21). The van der Waals surface area contributed by atoms with Gasteiger partial charge in [-0.25, -0.2) is 8.42 Å². The van der Waals surface area contributed by atoms with Crippen molar-refractivity contribution in [2.24, 2.45) is 0 Å². The molecule has 9 nitrogen and oxygen atoms in total. The molecular weight excluding hydrogens is 434 g/mol. The van der Waals surface area contributed by atoms with E-state index in [0.29, 0.717) is 31.3 Å². The summed E-state index contributed by atoms with van der Waals surface area (Å²) >= 11 is 2.00. The molecule has 3 aromatic rings. The van der Waals surface area contributed by atoms with Gasteiger partial charge < -0.3 is 20.2 Å². The van der Waals surface area contributed by atoms with Gasteiger partial charge in [-0.15, -0.1) is 11.3 Å². The molecule has 1 aliphatic rings. The number of nitrogens with zero attached hydrogens (tertiary/aromatic N) is 3. The molecule has 0 aliphatic carbocycles. The Bertz CT molecular complexity index is 1090. The zero-order valence-corrected chi connectivity index (χ0v) is 18.4. The van der Waals surface area contributed by atoms with E-state index in [1.807, 2.05) is 19.9 Å². The maximum atomic E-state index is 12.7. The largest absolute Gasteiger partial charge is 0.504 e. The number of sulfonamides is 1. The van der Waals surface area contributed by atoms with Crippen molar-refractivity contribution >= 4 is 50.4 Å². The Hall–Kier alpha value is -2.15. The predicted molar refractivity (Wildman–Crippen MR) is 113 cm³/mol. The van der Waals surface area contributed by atoms with Crippen molar-refractivity contribution in [3.63, 3.8) is 0 Å². The van der Waals surface area contributed by atoms with Crippen LogP contribution < -0.4 is 10.6 Å². The summed E-state index contributed by atoms with van der Waals surface area (Å²) < 4.78 is 40.9. The van der Waals surface area contributed by atoms with Crippen molar-refractivity contribution in [3.05, 3.63) is 28.5 Å². The first-order chi connectivity index (χ1) is 13.9. The van der Waals surface area contributed by atoms with Crippen molar-refractivity contribution < 1.29 is 17.9 Å². The molecule has 3 N–H and O–H groups in total. The first-order valence-electron chi connectivity index (χ1n) is 9.06. The molecule has 0 atom stereocenters. The summed E-state index contributed by atoms with van der Waals surface area (Å²) in [5, 5.41) is 18.2. The van der Waals surface area contributed by atoms with Gasteiger partial charge in [0.1, 0.15) is 11.5 Å². The number of anilines is 3. The van der Waals surface area contributed by atoms with Crippen LogP contribution >= 0.6 is 23.1 Å². The van der Waals surface area contributed by atoms with Gasteiger partial charge in [-0.1, -0.05) is 0 Å². The average Bonchev–Trinajstić information content (AvgIpc) is 3.45. The van der Waals surface area contributed by atoms with Gasteiger partial charge in [-0.05, 0) is 38.3 Å². The molecule has 156 valence electrons. The molecule has 0 spiro atoms. The van der Waals surface area contributed by atoms with E-state index in [2.05, 4.69) is 19.4 Å². The molecular formula is C17H21N5O4S3. The molecule has 0 aromatic carbocycles. The van der Waals surface area contributed by atoms with Crippen LogP contribution in [-0.2, 0) is 16.6 Å². The number of hydrogen-bond acceptors (Lipinski definition) is 10. The summed E-state index contributed by atoms with van der Waals surface area (Å²) in [5.74, 6) is 2.26. The second-order valence-electron chi connectivity index (χ2n) is 6.79. The Labute approximate surface area is 176 Å². The number of aryl methyl sites for hydroxylation is 2. The molecule has 29 heavy (non-hydrogen) atoms. The van der Waals surface area contributed by atoms with E-state index in [-0.39, 0.29) is 15.6 Å². The molecule has 1 aliphatic heterocycles. The predicted octanol–water partition coefficient (Wildman–Crippen LogP) is 3.66. The fraction of sp³-hybridized carbons (Fsp3) is 0.412. The minimum atomic E-state index is -3.69. The molecule has 3 aromatic heterocycles. The Kier molecular flexibility index (Phi) is 5.51. The Morgan fingerprint density at radius 2 is 1.97 bits per heavy atom. The van der Waals surface area contributed by atoms with Gasteiger partial charge in [-0.3, -0.25) is 0 Å². The van der Waals surface area contributed by atoms with Crippen LogP contribution in [0.1, 0.15) is 29.9 Å². The second-order valence-corrected chi connectivity index (χ2v) is 10.3. The third-order valence-electron chi connectivity index (χ3n) is 4.76. The topological polar surface area (TPSA) is 121 Å². The minimum Gasteiger partial charge on any atom is -0.504 e. The van der Waals surface area contributed by atoms with E-state index in [4.69, 9.17) is 4.42 Å². The molecule has 4 heterocycles. The van der Waals surface area contributed by atoms with Crippen LogP contribution in [0.25, 0.3) is 0 Å². The summed E-state index contributed by atoms with van der Waals surface area (Å²) in [6.45, 7) is 5.28. The zero-order valence-electron chi connectivity index (χ0n) is 15.9. The quantitative estimate of drug-likeness (QED) is 0.494. The molecule has 0 unspecified atom stereocenters. The van der Waals surface area contributed by atoms with Crippen molar-refractivity contribution in [2.45, 2.75) is 37.4 Å². The van der Waals surface area contributed by atoms with E-state index in [9.17, 15) is 13.5 Å². The number of furan rings is 1. The zero-order chi connectivity index (χ0) is 20.6. The minimum absolute atomic E-state index is 0.0545. The van der Waals surface area contributed by atoms with Gasteiger partial charge in [0.25, 0.3) is 10.0 Å².